The molecule has 0 aromatic heterocycles. The van der Waals surface area contributed by atoms with E-state index in [0.29, 0.717) is 34.3 Å². The molecule has 0 saturated carbocycles. The van der Waals surface area contributed by atoms with Gasteiger partial charge in [0.2, 0.25) is 11.8 Å². The van der Waals surface area contributed by atoms with Crippen molar-refractivity contribution in [2.24, 2.45) is 0 Å². The van der Waals surface area contributed by atoms with Gasteiger partial charge in [0.15, 0.2) is 11.5 Å². The van der Waals surface area contributed by atoms with Gasteiger partial charge in [-0.2, -0.15) is 0 Å². The van der Waals surface area contributed by atoms with Crippen molar-refractivity contribution in [3.8, 4) is 11.5 Å². The Kier molecular flexibility index (Phi) is 11.9. The molecule has 9 nitrogen and oxygen atoms in total. The first-order valence-electron chi connectivity index (χ1n) is 13.4. The van der Waals surface area contributed by atoms with Gasteiger partial charge in [0.05, 0.1) is 24.8 Å². The van der Waals surface area contributed by atoms with Crippen LogP contribution < -0.4 is 19.1 Å². The molecule has 0 aliphatic rings. The van der Waals surface area contributed by atoms with E-state index in [1.165, 1.54) is 37.3 Å². The highest BCUT2D eigenvalue weighted by molar-refractivity contribution is 7.92. The Bertz CT molecular complexity index is 1470. The Morgan fingerprint density at radius 1 is 0.905 bits per heavy atom. The number of nitrogens with zero attached hydrogens (tertiary/aromatic N) is 2. The van der Waals surface area contributed by atoms with Gasteiger partial charge in [-0.15, -0.1) is 0 Å². The minimum absolute atomic E-state index is 0.103. The number of methoxy groups -OCH3 is 2. The van der Waals surface area contributed by atoms with Crippen molar-refractivity contribution in [3.05, 3.63) is 82.3 Å². The SMILES string of the molecule is CCCNC(=O)[C@@H](CC)N(Cc1c(Cl)cccc1Cl)C(=O)CN(c1ccccc1)S(=O)(=O)c1ccc(OC)c(OC)c1. The lowest BCUT2D eigenvalue weighted by molar-refractivity contribution is -0.140. The minimum atomic E-state index is -4.30. The Labute approximate surface area is 257 Å². The molecule has 0 heterocycles. The molecule has 0 unspecified atom stereocenters. The van der Waals surface area contributed by atoms with Crippen LogP contribution >= 0.6 is 23.2 Å². The number of carbonyl (C=O) groups is 2. The van der Waals surface area contributed by atoms with Crippen LogP contribution in [0.2, 0.25) is 10.0 Å². The molecule has 226 valence electrons. The number of hydrogen-bond acceptors (Lipinski definition) is 6. The molecule has 3 aromatic rings. The fraction of sp³-hybridized carbons (Fsp3) is 0.333. The number of ether oxygens (including phenoxy) is 2. The molecule has 1 atom stereocenters. The third-order valence-corrected chi connectivity index (χ3v) is 9.07. The first-order valence-corrected chi connectivity index (χ1v) is 15.6. The van der Waals surface area contributed by atoms with E-state index in [4.69, 9.17) is 32.7 Å². The van der Waals surface area contributed by atoms with E-state index in [0.717, 1.165) is 4.31 Å². The standard InChI is InChI=1S/C30H35Cl2N3O6S/c1-5-17-33-30(37)26(6-2)34(19-23-24(31)13-10-14-25(23)32)29(36)20-35(21-11-8-7-9-12-21)42(38,39)22-15-16-27(40-3)28(18-22)41-4/h7-16,18,26H,5-6,17,19-20H2,1-4H3,(H,33,37)/t26-/m1/s1. The number of rotatable bonds is 14. The Balaban J connectivity index is 2.10. The normalized spacial score (nSPS) is 11.9. The third-order valence-electron chi connectivity index (χ3n) is 6.59. The van der Waals surface area contributed by atoms with Gasteiger partial charge in [0.1, 0.15) is 12.6 Å². The molecule has 3 rings (SSSR count). The second-order valence-electron chi connectivity index (χ2n) is 9.30. The van der Waals surface area contributed by atoms with Crippen molar-refractivity contribution in [1.29, 1.82) is 0 Å². The number of para-hydroxylation sites is 1. The molecule has 0 saturated heterocycles. The summed E-state index contributed by atoms with van der Waals surface area (Å²) in [6.07, 6.45) is 0.981. The molecule has 42 heavy (non-hydrogen) atoms. The second kappa shape index (κ2) is 15.1. The van der Waals surface area contributed by atoms with Crippen molar-refractivity contribution < 1.29 is 27.5 Å². The summed E-state index contributed by atoms with van der Waals surface area (Å²) < 4.78 is 39.7. The van der Waals surface area contributed by atoms with Gasteiger partial charge >= 0.3 is 0 Å². The molecule has 2 amide bonds. The fourth-order valence-electron chi connectivity index (χ4n) is 4.37. The molecule has 3 aromatic carbocycles. The average Bonchev–Trinajstić information content (AvgIpc) is 2.99. The molecule has 0 aliphatic carbocycles. The quantitative estimate of drug-likeness (QED) is 0.249. The molecule has 1 N–H and O–H groups in total. The van der Waals surface area contributed by atoms with Crippen LogP contribution in [-0.2, 0) is 26.2 Å². The molecular weight excluding hydrogens is 601 g/mol. The van der Waals surface area contributed by atoms with Gasteiger partial charge in [-0.05, 0) is 49.2 Å². The van der Waals surface area contributed by atoms with E-state index in [2.05, 4.69) is 5.32 Å². The van der Waals surface area contributed by atoms with Crippen molar-refractivity contribution in [2.75, 3.05) is 31.6 Å². The number of benzene rings is 3. The van der Waals surface area contributed by atoms with Crippen molar-refractivity contribution in [1.82, 2.24) is 10.2 Å². The number of amides is 2. The summed E-state index contributed by atoms with van der Waals surface area (Å²) in [5, 5.41) is 3.48. The van der Waals surface area contributed by atoms with Gasteiger partial charge in [0.25, 0.3) is 10.0 Å². The predicted octanol–water partition coefficient (Wildman–Crippen LogP) is 5.54. The number of hydrogen-bond donors (Lipinski definition) is 1. The lowest BCUT2D eigenvalue weighted by Crippen LogP contribution is -2.52. The van der Waals surface area contributed by atoms with Crippen LogP contribution in [0.3, 0.4) is 0 Å². The summed E-state index contributed by atoms with van der Waals surface area (Å²) in [6.45, 7) is 3.42. The van der Waals surface area contributed by atoms with Crippen LogP contribution in [-0.4, -0.2) is 58.5 Å². The summed E-state index contributed by atoms with van der Waals surface area (Å²) in [4.78, 5) is 28.6. The molecule has 0 aliphatic heterocycles. The van der Waals surface area contributed by atoms with E-state index in [-0.39, 0.29) is 35.2 Å². The number of halogens is 2. The fourth-order valence-corrected chi connectivity index (χ4v) is 6.31. The third kappa shape index (κ3) is 7.67. The number of sulfonamides is 1. The van der Waals surface area contributed by atoms with Crippen molar-refractivity contribution in [3.63, 3.8) is 0 Å². The average molecular weight is 637 g/mol. The number of carbonyl (C=O) groups excluding carboxylic acids is 2. The Morgan fingerprint density at radius 3 is 2.12 bits per heavy atom. The first kappa shape index (κ1) is 33.0. The predicted molar refractivity (Wildman–Crippen MR) is 165 cm³/mol. The largest absolute Gasteiger partial charge is 0.493 e. The lowest BCUT2D eigenvalue weighted by Gasteiger charge is -2.33. The maximum absolute atomic E-state index is 14.1. The molecule has 0 fully saturated rings. The smallest absolute Gasteiger partial charge is 0.264 e. The minimum Gasteiger partial charge on any atom is -0.493 e. The number of anilines is 1. The lowest BCUT2D eigenvalue weighted by atomic mass is 10.1. The number of nitrogens with one attached hydrogen (secondary N) is 1. The van der Waals surface area contributed by atoms with Crippen LogP contribution in [0.1, 0.15) is 32.3 Å². The van der Waals surface area contributed by atoms with E-state index in [1.807, 2.05) is 6.92 Å². The summed E-state index contributed by atoms with van der Waals surface area (Å²) in [5.41, 5.74) is 0.713. The van der Waals surface area contributed by atoms with Gasteiger partial charge < -0.3 is 19.7 Å². The summed E-state index contributed by atoms with van der Waals surface area (Å²) >= 11 is 12.9. The highest BCUT2D eigenvalue weighted by atomic mass is 35.5. The highest BCUT2D eigenvalue weighted by Crippen LogP contribution is 2.33. The van der Waals surface area contributed by atoms with Crippen LogP contribution in [0, 0.1) is 0 Å². The zero-order valence-corrected chi connectivity index (χ0v) is 26.3. The summed E-state index contributed by atoms with van der Waals surface area (Å²) in [6, 6.07) is 16.5. The van der Waals surface area contributed by atoms with Crippen LogP contribution in [0.25, 0.3) is 0 Å². The van der Waals surface area contributed by atoms with E-state index in [9.17, 15) is 18.0 Å². The Hall–Kier alpha value is -3.47. The van der Waals surface area contributed by atoms with Crippen molar-refractivity contribution >= 4 is 50.7 Å². The molecule has 0 bridgehead atoms. The van der Waals surface area contributed by atoms with E-state index < -0.39 is 28.5 Å². The maximum atomic E-state index is 14.1. The topological polar surface area (TPSA) is 105 Å². The van der Waals surface area contributed by atoms with Gasteiger partial charge in [-0.25, -0.2) is 8.42 Å². The highest BCUT2D eigenvalue weighted by Gasteiger charge is 2.34. The first-order chi connectivity index (χ1) is 20.1. The van der Waals surface area contributed by atoms with Crippen molar-refractivity contribution in [2.45, 2.75) is 44.2 Å². The van der Waals surface area contributed by atoms with E-state index >= 15 is 0 Å². The van der Waals surface area contributed by atoms with E-state index in [1.54, 1.807) is 55.5 Å². The molecule has 0 spiro atoms. The zero-order chi connectivity index (χ0) is 30.9. The van der Waals surface area contributed by atoms with Gasteiger partial charge in [0, 0.05) is 34.8 Å². The van der Waals surface area contributed by atoms with Crippen LogP contribution in [0.4, 0.5) is 5.69 Å². The summed E-state index contributed by atoms with van der Waals surface area (Å²) in [5.74, 6) is -0.403. The maximum Gasteiger partial charge on any atom is 0.264 e. The monoisotopic (exact) mass is 635 g/mol. The molecular formula is C30H35Cl2N3O6S. The molecule has 12 heteroatoms. The Morgan fingerprint density at radius 2 is 1.55 bits per heavy atom. The van der Waals surface area contributed by atoms with Crippen LogP contribution in [0.15, 0.2) is 71.6 Å². The summed E-state index contributed by atoms with van der Waals surface area (Å²) in [7, 11) is -1.45. The molecule has 0 radical (unpaired) electrons. The van der Waals surface area contributed by atoms with Crippen LogP contribution in [0.5, 0.6) is 11.5 Å². The van der Waals surface area contributed by atoms with Gasteiger partial charge in [-0.3, -0.25) is 13.9 Å². The second-order valence-corrected chi connectivity index (χ2v) is 12.0. The zero-order valence-electron chi connectivity index (χ0n) is 24.0. The van der Waals surface area contributed by atoms with Gasteiger partial charge in [-0.1, -0.05) is 61.3 Å².